The molecule has 2 aromatic carbocycles. The van der Waals surface area contributed by atoms with Crippen molar-refractivity contribution in [2.45, 2.75) is 81.1 Å². The molecule has 48 heavy (non-hydrogen) atoms. The molecule has 4 atom stereocenters. The van der Waals surface area contributed by atoms with Gasteiger partial charge < -0.3 is 24.8 Å². The van der Waals surface area contributed by atoms with Crippen molar-refractivity contribution in [1.82, 2.24) is 25.2 Å². The number of nitrogens with zero attached hydrogens (tertiary/aromatic N) is 5. The third-order valence-corrected chi connectivity index (χ3v) is 11.2. The number of rotatable bonds is 8. The number of aromatic hydroxyl groups is 1. The van der Waals surface area contributed by atoms with E-state index in [9.17, 15) is 9.50 Å². The summed E-state index contributed by atoms with van der Waals surface area (Å²) in [6, 6.07) is 6.74. The predicted octanol–water partition coefficient (Wildman–Crippen LogP) is 5.31. The van der Waals surface area contributed by atoms with Crippen molar-refractivity contribution in [2.24, 2.45) is 0 Å². The van der Waals surface area contributed by atoms with Gasteiger partial charge in [0.05, 0.1) is 29.2 Å². The van der Waals surface area contributed by atoms with Crippen molar-refractivity contribution < 1.29 is 23.4 Å². The van der Waals surface area contributed by atoms with Crippen LogP contribution in [0.25, 0.3) is 32.9 Å². The topological polar surface area (TPSA) is 95.9 Å². The van der Waals surface area contributed by atoms with Crippen molar-refractivity contribution in [1.29, 1.82) is 0 Å². The van der Waals surface area contributed by atoms with Gasteiger partial charge in [-0.05, 0) is 81.5 Å². The van der Waals surface area contributed by atoms with Crippen LogP contribution in [0, 0.1) is 24.0 Å². The molecule has 0 amide bonds. The fourth-order valence-corrected chi connectivity index (χ4v) is 8.71. The molecule has 9 nitrogen and oxygen atoms in total. The molecule has 1 saturated carbocycles. The summed E-state index contributed by atoms with van der Waals surface area (Å²) in [5, 5.41) is 15.5. The number of pyridine rings is 1. The number of phenolic OH excluding ortho intramolecular Hbond substituents is 1. The molecule has 1 aliphatic carbocycles. The summed E-state index contributed by atoms with van der Waals surface area (Å²) < 4.78 is 44.4. The van der Waals surface area contributed by atoms with Crippen LogP contribution in [0.15, 0.2) is 30.5 Å². The zero-order valence-corrected chi connectivity index (χ0v) is 26.7. The van der Waals surface area contributed by atoms with Gasteiger partial charge in [0.25, 0.3) is 0 Å². The van der Waals surface area contributed by atoms with E-state index in [1.165, 1.54) is 24.3 Å². The van der Waals surface area contributed by atoms with Gasteiger partial charge in [-0.3, -0.25) is 9.88 Å². The number of nitrogens with one attached hydrogen (secondary N) is 1. The van der Waals surface area contributed by atoms with Gasteiger partial charge in [0.2, 0.25) is 0 Å². The normalized spacial score (nSPS) is 26.8. The smallest absolute Gasteiger partial charge is 0.319 e. The second-order valence-corrected chi connectivity index (χ2v) is 14.2. The Morgan fingerprint density at radius 2 is 1.90 bits per heavy atom. The van der Waals surface area contributed by atoms with E-state index in [1.54, 1.807) is 6.20 Å². The van der Waals surface area contributed by atoms with Crippen molar-refractivity contribution in [2.75, 3.05) is 37.7 Å². The van der Waals surface area contributed by atoms with Crippen LogP contribution in [0.1, 0.15) is 56.9 Å². The maximum absolute atomic E-state index is 16.9. The van der Waals surface area contributed by atoms with Gasteiger partial charge in [-0.2, -0.15) is 9.97 Å². The number of halogens is 2. The first-order valence-corrected chi connectivity index (χ1v) is 17.2. The van der Waals surface area contributed by atoms with Crippen LogP contribution in [-0.4, -0.2) is 87.6 Å². The van der Waals surface area contributed by atoms with E-state index >= 15 is 4.39 Å². The Morgan fingerprint density at radius 1 is 1.06 bits per heavy atom. The number of aromatic nitrogens is 3. The predicted molar refractivity (Wildman–Crippen MR) is 178 cm³/mol. The molecule has 6 heterocycles. The van der Waals surface area contributed by atoms with Crippen molar-refractivity contribution >= 4 is 27.5 Å². The lowest BCUT2D eigenvalue weighted by Gasteiger charge is -2.35. The largest absolute Gasteiger partial charge is 0.508 e. The zero-order valence-electron chi connectivity index (χ0n) is 26.7. The average molecular weight is 653 g/mol. The molecule has 2 N–H and O–H groups in total. The average Bonchev–Trinajstić information content (AvgIpc) is 3.59. The first-order chi connectivity index (χ1) is 23.4. The van der Waals surface area contributed by atoms with Crippen LogP contribution in [0.3, 0.4) is 0 Å². The number of fused-ring (bicyclic) bond motifs is 5. The Balaban J connectivity index is 1.12. The highest BCUT2D eigenvalue weighted by molar-refractivity contribution is 6.03. The summed E-state index contributed by atoms with van der Waals surface area (Å²) in [4.78, 5) is 18.9. The van der Waals surface area contributed by atoms with E-state index < -0.39 is 11.6 Å². The van der Waals surface area contributed by atoms with Crippen LogP contribution < -0.4 is 15.0 Å². The van der Waals surface area contributed by atoms with E-state index in [-0.39, 0.29) is 39.6 Å². The summed E-state index contributed by atoms with van der Waals surface area (Å²) in [5.74, 6) is 1.55. The zero-order chi connectivity index (χ0) is 32.6. The Kier molecular flexibility index (Phi) is 7.19. The fraction of sp³-hybridized carbons (Fsp3) is 0.486. The number of piperazine rings is 1. The SMILES string of the molecule is C#Cc1c(F)ccc2cc(O)cc(-c3ncc4c(N5C[C@H]6CC[C@@H](C5)N6)nc(OCC56CCCN5C(COC5CC5)CC6)nc4c3F)c12. The lowest BCUT2D eigenvalue weighted by atomic mass is 9.95. The Morgan fingerprint density at radius 3 is 2.69 bits per heavy atom. The fourth-order valence-electron chi connectivity index (χ4n) is 8.71. The second kappa shape index (κ2) is 11.5. The van der Waals surface area contributed by atoms with Gasteiger partial charge in [-0.15, -0.1) is 6.42 Å². The van der Waals surface area contributed by atoms with E-state index in [4.69, 9.17) is 20.9 Å². The van der Waals surface area contributed by atoms with Gasteiger partial charge in [0, 0.05) is 48.4 Å². The molecule has 11 heteroatoms. The molecule has 5 aliphatic rings. The summed E-state index contributed by atoms with van der Waals surface area (Å²) >= 11 is 0. The van der Waals surface area contributed by atoms with Crippen molar-refractivity contribution in [3.8, 4) is 35.4 Å². The molecule has 4 aromatic rings. The molecule has 0 radical (unpaired) electrons. The van der Waals surface area contributed by atoms with Crippen LogP contribution >= 0.6 is 0 Å². The molecule has 5 fully saturated rings. The first kappa shape index (κ1) is 30.0. The number of benzene rings is 2. The summed E-state index contributed by atoms with van der Waals surface area (Å²) in [7, 11) is 0. The Bertz CT molecular complexity index is 1970. The monoisotopic (exact) mass is 652 g/mol. The van der Waals surface area contributed by atoms with Crippen LogP contribution in [0.4, 0.5) is 14.6 Å². The number of anilines is 1. The third-order valence-electron chi connectivity index (χ3n) is 11.2. The van der Waals surface area contributed by atoms with Gasteiger partial charge in [0.1, 0.15) is 35.2 Å². The van der Waals surface area contributed by atoms with Gasteiger partial charge >= 0.3 is 6.01 Å². The van der Waals surface area contributed by atoms with Crippen molar-refractivity contribution in [3.63, 3.8) is 0 Å². The van der Waals surface area contributed by atoms with Crippen molar-refractivity contribution in [3.05, 3.63) is 47.7 Å². The molecule has 9 rings (SSSR count). The highest BCUT2D eigenvalue weighted by atomic mass is 19.1. The minimum atomic E-state index is -0.711. The molecular weight excluding hydrogens is 614 g/mol. The Hall–Kier alpha value is -4.11. The summed E-state index contributed by atoms with van der Waals surface area (Å²) in [6.07, 6.45) is 16.4. The molecule has 2 bridgehead atoms. The molecular formula is C37H38F2N6O3. The van der Waals surface area contributed by atoms with Crippen LogP contribution in [0.5, 0.6) is 11.8 Å². The second-order valence-electron chi connectivity index (χ2n) is 14.2. The molecule has 0 spiro atoms. The lowest BCUT2D eigenvalue weighted by Crippen LogP contribution is -2.51. The van der Waals surface area contributed by atoms with E-state index in [2.05, 4.69) is 31.0 Å². The number of terminal acetylenes is 1. The number of hydrogen-bond acceptors (Lipinski definition) is 9. The first-order valence-electron chi connectivity index (χ1n) is 17.2. The third kappa shape index (κ3) is 5.04. The summed E-state index contributed by atoms with van der Waals surface area (Å²) in [6.45, 7) is 3.63. The number of phenols is 1. The minimum absolute atomic E-state index is 0.0229. The number of ether oxygens (including phenoxy) is 2. The van der Waals surface area contributed by atoms with E-state index in [0.717, 1.165) is 77.6 Å². The van der Waals surface area contributed by atoms with Gasteiger partial charge in [-0.25, -0.2) is 8.78 Å². The molecule has 248 valence electrons. The molecule has 2 unspecified atom stereocenters. The summed E-state index contributed by atoms with van der Waals surface area (Å²) in [5.41, 5.74) is 0.0126. The van der Waals surface area contributed by atoms with Gasteiger partial charge in [0.15, 0.2) is 5.82 Å². The maximum Gasteiger partial charge on any atom is 0.319 e. The molecule has 4 saturated heterocycles. The van der Waals surface area contributed by atoms with Crippen LogP contribution in [-0.2, 0) is 4.74 Å². The highest BCUT2D eigenvalue weighted by Crippen LogP contribution is 2.44. The van der Waals surface area contributed by atoms with E-state index in [0.29, 0.717) is 52.8 Å². The molecule has 2 aromatic heterocycles. The Labute approximate surface area is 277 Å². The molecule has 4 aliphatic heterocycles. The lowest BCUT2D eigenvalue weighted by molar-refractivity contribution is 0.0305. The van der Waals surface area contributed by atoms with Gasteiger partial charge in [-0.1, -0.05) is 12.0 Å². The highest BCUT2D eigenvalue weighted by Gasteiger charge is 2.50. The minimum Gasteiger partial charge on any atom is -0.508 e. The maximum atomic E-state index is 16.9. The van der Waals surface area contributed by atoms with Crippen LogP contribution in [0.2, 0.25) is 0 Å². The number of hydrogen-bond donors (Lipinski definition) is 2. The quantitative estimate of drug-likeness (QED) is 0.246. The van der Waals surface area contributed by atoms with E-state index in [1.807, 2.05) is 0 Å². The standard InChI is InChI=1S/C37H38F2N6O3/c1-2-27-30(38)9-4-21-14-25(46)15-28(31(21)27)33-32(39)34-29(16-40-33)35(44-17-22-5-6-23(18-44)41-22)43-36(42-34)48-20-37-11-3-13-45(37)24(10-12-37)19-47-26-7-8-26/h1,4,9,14-16,22-24,26,41,46H,3,5-8,10-13,17-20H2/t22-,23+,24?,37?.